The van der Waals surface area contributed by atoms with E-state index in [2.05, 4.69) is 25.7 Å². The number of para-hydroxylation sites is 1. The number of rotatable bonds is 5. The molecule has 0 aliphatic rings. The second-order valence-electron chi connectivity index (χ2n) is 3.70. The maximum Gasteiger partial charge on any atom is 0.228 e. The normalized spacial score (nSPS) is 10.2. The number of benzene rings is 1. The van der Waals surface area contributed by atoms with Crippen LogP contribution in [0.25, 0.3) is 0 Å². The molecule has 0 spiro atoms. The molecule has 0 atom stereocenters. The zero-order valence-electron chi connectivity index (χ0n) is 9.69. The van der Waals surface area contributed by atoms with Crippen molar-refractivity contribution in [1.29, 1.82) is 0 Å². The van der Waals surface area contributed by atoms with Crippen LogP contribution in [0.5, 0.6) is 0 Å². The Hall–Kier alpha value is -1.22. The van der Waals surface area contributed by atoms with Crippen molar-refractivity contribution in [3.8, 4) is 0 Å². The number of hydrogen-bond donors (Lipinski definition) is 1. The highest BCUT2D eigenvalue weighted by atomic mass is 32.2. The molecule has 0 aliphatic heterocycles. The monoisotopic (exact) mass is 235 g/mol. The molecule has 1 amide bonds. The first-order chi connectivity index (χ1) is 7.63. The fraction of sp³-hybridized carbons (Fsp3) is 0.308. The van der Waals surface area contributed by atoms with Crippen molar-refractivity contribution in [3.63, 3.8) is 0 Å². The van der Waals surface area contributed by atoms with Crippen LogP contribution in [0.3, 0.4) is 0 Å². The van der Waals surface area contributed by atoms with Gasteiger partial charge in [-0.1, -0.05) is 32.1 Å². The largest absolute Gasteiger partial charge is 0.325 e. The first kappa shape index (κ1) is 12.8. The molecule has 1 aromatic rings. The molecule has 0 aromatic heterocycles. The molecule has 1 aromatic carbocycles. The number of amides is 1. The van der Waals surface area contributed by atoms with Gasteiger partial charge in [0.1, 0.15) is 0 Å². The Bertz CT molecular complexity index is 374. The Labute approximate surface area is 101 Å². The van der Waals surface area contributed by atoms with Gasteiger partial charge in [-0.05, 0) is 12.1 Å². The lowest BCUT2D eigenvalue weighted by Gasteiger charge is -2.11. The lowest BCUT2D eigenvalue weighted by atomic mass is 10.3. The molecule has 16 heavy (non-hydrogen) atoms. The summed E-state index contributed by atoms with van der Waals surface area (Å²) in [6.07, 6.45) is 1.95. The maximum absolute atomic E-state index is 11.5. The van der Waals surface area contributed by atoms with E-state index in [4.69, 9.17) is 0 Å². The predicted molar refractivity (Wildman–Crippen MR) is 70.9 cm³/mol. The fourth-order valence-corrected chi connectivity index (χ4v) is 2.17. The molecule has 0 bridgehead atoms. The average molecular weight is 235 g/mol. The Morgan fingerprint density at radius 1 is 1.50 bits per heavy atom. The van der Waals surface area contributed by atoms with Gasteiger partial charge in [0.05, 0.1) is 5.69 Å². The topological polar surface area (TPSA) is 29.1 Å². The van der Waals surface area contributed by atoms with E-state index in [0.717, 1.165) is 10.6 Å². The van der Waals surface area contributed by atoms with Gasteiger partial charge in [-0.25, -0.2) is 0 Å². The molecule has 1 rings (SSSR count). The predicted octanol–water partition coefficient (Wildman–Crippen LogP) is 3.70. The molecule has 2 nitrogen and oxygen atoms in total. The van der Waals surface area contributed by atoms with Crippen molar-refractivity contribution in [2.45, 2.75) is 30.4 Å². The first-order valence-corrected chi connectivity index (χ1v) is 6.18. The highest BCUT2D eigenvalue weighted by Crippen LogP contribution is 2.30. The molecule has 0 unspecified atom stereocenters. The molecule has 86 valence electrons. The molecule has 3 heteroatoms. The number of carbonyl (C=O) groups excluding carboxylic acids is 1. The SMILES string of the molecule is C=CCC(=O)Nc1ccccc1SC(C)C. The lowest BCUT2D eigenvalue weighted by Crippen LogP contribution is -2.10. The van der Waals surface area contributed by atoms with Gasteiger partial charge in [0.2, 0.25) is 5.91 Å². The highest BCUT2D eigenvalue weighted by molar-refractivity contribution is 8.00. The fourth-order valence-electron chi connectivity index (χ4n) is 1.26. The zero-order chi connectivity index (χ0) is 12.0. The van der Waals surface area contributed by atoms with Gasteiger partial charge in [0, 0.05) is 16.6 Å². The van der Waals surface area contributed by atoms with Crippen LogP contribution in [-0.4, -0.2) is 11.2 Å². The standard InChI is InChI=1S/C13H17NOS/c1-4-7-13(15)14-11-8-5-6-9-12(11)16-10(2)3/h4-6,8-10H,1,7H2,2-3H3,(H,14,15). The summed E-state index contributed by atoms with van der Waals surface area (Å²) in [5, 5.41) is 3.38. The summed E-state index contributed by atoms with van der Waals surface area (Å²) >= 11 is 1.74. The van der Waals surface area contributed by atoms with Crippen molar-refractivity contribution >= 4 is 23.4 Å². The van der Waals surface area contributed by atoms with Crippen LogP contribution in [0.1, 0.15) is 20.3 Å². The van der Waals surface area contributed by atoms with Gasteiger partial charge in [-0.15, -0.1) is 18.3 Å². The molecule has 0 fully saturated rings. The quantitative estimate of drug-likeness (QED) is 0.623. The smallest absolute Gasteiger partial charge is 0.228 e. The number of carbonyl (C=O) groups is 1. The van der Waals surface area contributed by atoms with Crippen LogP contribution in [0.2, 0.25) is 0 Å². The molecule has 0 radical (unpaired) electrons. The number of thioether (sulfide) groups is 1. The average Bonchev–Trinajstić information content (AvgIpc) is 2.20. The molecular weight excluding hydrogens is 218 g/mol. The van der Waals surface area contributed by atoms with Crippen molar-refractivity contribution in [2.75, 3.05) is 5.32 Å². The summed E-state index contributed by atoms with van der Waals surface area (Å²) in [4.78, 5) is 12.6. The van der Waals surface area contributed by atoms with Gasteiger partial charge in [0.15, 0.2) is 0 Å². The second-order valence-corrected chi connectivity index (χ2v) is 5.32. The van der Waals surface area contributed by atoms with Crippen LogP contribution in [0, 0.1) is 0 Å². The summed E-state index contributed by atoms with van der Waals surface area (Å²) in [5.74, 6) is -0.0215. The molecular formula is C13H17NOS. The van der Waals surface area contributed by atoms with E-state index in [1.165, 1.54) is 0 Å². The van der Waals surface area contributed by atoms with E-state index >= 15 is 0 Å². The third-order valence-corrected chi connectivity index (χ3v) is 2.93. The molecule has 0 aliphatic carbocycles. The third-order valence-electron chi connectivity index (χ3n) is 1.85. The third kappa shape index (κ3) is 4.11. The van der Waals surface area contributed by atoms with Gasteiger partial charge >= 0.3 is 0 Å². The Morgan fingerprint density at radius 2 is 2.19 bits per heavy atom. The molecule has 1 N–H and O–H groups in total. The number of anilines is 1. The summed E-state index contributed by atoms with van der Waals surface area (Å²) in [5.41, 5.74) is 0.882. The van der Waals surface area contributed by atoms with E-state index < -0.39 is 0 Å². The minimum Gasteiger partial charge on any atom is -0.325 e. The summed E-state index contributed by atoms with van der Waals surface area (Å²) in [6.45, 7) is 7.81. The highest BCUT2D eigenvalue weighted by Gasteiger charge is 2.06. The van der Waals surface area contributed by atoms with E-state index in [-0.39, 0.29) is 5.91 Å². The maximum atomic E-state index is 11.5. The van der Waals surface area contributed by atoms with E-state index in [1.807, 2.05) is 24.3 Å². The molecule has 0 saturated carbocycles. The summed E-state index contributed by atoms with van der Waals surface area (Å²) in [7, 11) is 0. The van der Waals surface area contributed by atoms with Crippen LogP contribution < -0.4 is 5.32 Å². The van der Waals surface area contributed by atoms with E-state index in [0.29, 0.717) is 11.7 Å². The minimum atomic E-state index is -0.0215. The minimum absolute atomic E-state index is 0.0215. The number of nitrogens with one attached hydrogen (secondary N) is 1. The van der Waals surface area contributed by atoms with Crippen LogP contribution in [0.4, 0.5) is 5.69 Å². The van der Waals surface area contributed by atoms with Gasteiger partial charge in [-0.3, -0.25) is 4.79 Å². The molecule has 0 heterocycles. The van der Waals surface area contributed by atoms with Crippen LogP contribution in [0.15, 0.2) is 41.8 Å². The number of hydrogen-bond acceptors (Lipinski definition) is 2. The molecule has 0 saturated heterocycles. The Morgan fingerprint density at radius 3 is 2.81 bits per heavy atom. The van der Waals surface area contributed by atoms with Crippen molar-refractivity contribution in [1.82, 2.24) is 0 Å². The summed E-state index contributed by atoms with van der Waals surface area (Å²) in [6, 6.07) is 7.85. The first-order valence-electron chi connectivity index (χ1n) is 5.30. The van der Waals surface area contributed by atoms with Gasteiger partial charge in [-0.2, -0.15) is 0 Å². The van der Waals surface area contributed by atoms with Crippen LogP contribution >= 0.6 is 11.8 Å². The Kier molecular flexibility index (Phi) is 5.12. The second kappa shape index (κ2) is 6.38. The Balaban J connectivity index is 2.78. The van der Waals surface area contributed by atoms with Gasteiger partial charge in [0.25, 0.3) is 0 Å². The van der Waals surface area contributed by atoms with Gasteiger partial charge < -0.3 is 5.32 Å². The van der Waals surface area contributed by atoms with E-state index in [9.17, 15) is 4.79 Å². The van der Waals surface area contributed by atoms with Crippen molar-refractivity contribution in [2.24, 2.45) is 0 Å². The van der Waals surface area contributed by atoms with E-state index in [1.54, 1.807) is 17.8 Å². The summed E-state index contributed by atoms with van der Waals surface area (Å²) < 4.78 is 0. The van der Waals surface area contributed by atoms with Crippen molar-refractivity contribution in [3.05, 3.63) is 36.9 Å². The lowest BCUT2D eigenvalue weighted by molar-refractivity contribution is -0.115. The van der Waals surface area contributed by atoms with Crippen LogP contribution in [-0.2, 0) is 4.79 Å². The van der Waals surface area contributed by atoms with Crippen molar-refractivity contribution < 1.29 is 4.79 Å². The zero-order valence-corrected chi connectivity index (χ0v) is 10.5.